The van der Waals surface area contributed by atoms with E-state index in [1.807, 2.05) is 0 Å². The monoisotopic (exact) mass is 298 g/mol. The van der Waals surface area contributed by atoms with E-state index in [0.717, 1.165) is 0 Å². The molecule has 1 atom stereocenters. The van der Waals surface area contributed by atoms with Gasteiger partial charge in [0.15, 0.2) is 0 Å². The summed E-state index contributed by atoms with van der Waals surface area (Å²) in [5.74, 6) is -1.97. The minimum absolute atomic E-state index is 0. The number of hydrogen-bond acceptors (Lipinski definition) is 5. The van der Waals surface area contributed by atoms with Crippen LogP contribution in [-0.2, 0) is 9.59 Å². The van der Waals surface area contributed by atoms with Crippen molar-refractivity contribution in [1.82, 2.24) is 5.32 Å². The number of carbonyl (C=O) groups is 2. The maximum Gasteiger partial charge on any atom is 0.249 e. The molecule has 1 amide bonds. The second-order valence-electron chi connectivity index (χ2n) is 3.96. The van der Waals surface area contributed by atoms with Gasteiger partial charge in [0, 0.05) is 99.8 Å². The molecule has 0 unspecified atom stereocenters. The van der Waals surface area contributed by atoms with Gasteiger partial charge in [0.2, 0.25) is 5.91 Å². The van der Waals surface area contributed by atoms with E-state index >= 15 is 0 Å². The molecule has 0 aliphatic carbocycles. The van der Waals surface area contributed by atoms with Crippen molar-refractivity contribution in [2.24, 2.45) is 5.41 Å². The van der Waals surface area contributed by atoms with Crippen molar-refractivity contribution in [3.63, 3.8) is 0 Å². The molecule has 0 aromatic rings. The molecule has 0 fully saturated rings. The number of aliphatic carboxylic acids is 1. The molecule has 0 bridgehead atoms. The summed E-state index contributed by atoms with van der Waals surface area (Å²) in [6.07, 6.45) is -1.68. The Bertz CT molecular complexity index is 248. The molecule has 8 heteroatoms. The summed E-state index contributed by atoms with van der Waals surface area (Å²) >= 11 is 0. The Balaban J connectivity index is -0.000000980. The van der Waals surface area contributed by atoms with E-state index in [4.69, 9.17) is 5.11 Å². The molecule has 0 spiro atoms. The van der Waals surface area contributed by atoms with Gasteiger partial charge in [0.1, 0.15) is 6.10 Å². The third kappa shape index (κ3) is 9.90. The Kier molecular flexibility index (Phi) is 15.5. The molecule has 0 aliphatic rings. The average Bonchev–Trinajstić information content (AvgIpc) is 2.15. The molecule has 0 rings (SSSR count). The van der Waals surface area contributed by atoms with Crippen LogP contribution in [0.1, 0.15) is 20.3 Å². The van der Waals surface area contributed by atoms with E-state index in [2.05, 4.69) is 5.32 Å². The zero-order chi connectivity index (χ0) is 12.1. The average molecular weight is 298 g/mol. The Morgan fingerprint density at radius 1 is 1.35 bits per heavy atom. The summed E-state index contributed by atoms with van der Waals surface area (Å²) in [7, 11) is 0. The number of carboxylic acids is 1. The first-order chi connectivity index (χ1) is 6.81. The third-order valence-corrected chi connectivity index (χ3v) is 2.02. The third-order valence-electron chi connectivity index (χ3n) is 2.02. The normalized spacial score (nSPS) is 11.8. The number of aliphatic hydroxyl groups is 2. The van der Waals surface area contributed by atoms with Gasteiger partial charge in [-0.15, -0.1) is 0 Å². The second kappa shape index (κ2) is 11.2. The number of hydrogen-bond donors (Lipinski definition) is 3. The predicted octanol–water partition coefficient (Wildman–Crippen LogP) is -3.14. The van der Waals surface area contributed by atoms with Crippen LogP contribution in [0.4, 0.5) is 0 Å². The Hall–Kier alpha value is 1.38. The van der Waals surface area contributed by atoms with Crippen molar-refractivity contribution in [1.29, 1.82) is 0 Å². The van der Waals surface area contributed by atoms with Crippen LogP contribution >= 0.6 is 0 Å². The predicted molar refractivity (Wildman–Crippen MR) is 61.0 cm³/mol. The summed E-state index contributed by atoms with van der Waals surface area (Å²) in [6.45, 7) is 2.60. The van der Waals surface area contributed by atoms with Crippen molar-refractivity contribution >= 4 is 87.4 Å². The van der Waals surface area contributed by atoms with Crippen molar-refractivity contribution in [3.8, 4) is 0 Å². The number of carbonyl (C=O) groups excluding carboxylic acids is 2. The van der Waals surface area contributed by atoms with Crippen molar-refractivity contribution in [3.05, 3.63) is 0 Å². The van der Waals surface area contributed by atoms with E-state index in [1.165, 1.54) is 13.8 Å². The zero-order valence-corrected chi connectivity index (χ0v) is 14.6. The smallest absolute Gasteiger partial charge is 0.249 e. The van der Waals surface area contributed by atoms with E-state index in [-0.39, 0.29) is 95.0 Å². The largest absolute Gasteiger partial charge is 0.550 e. The van der Waals surface area contributed by atoms with Crippen LogP contribution in [0, 0.1) is 5.41 Å². The molecule has 6 nitrogen and oxygen atoms in total. The molecule has 0 saturated carbocycles. The van der Waals surface area contributed by atoms with Crippen LogP contribution in [0.5, 0.6) is 0 Å². The van der Waals surface area contributed by atoms with Gasteiger partial charge in [0.25, 0.3) is 0 Å². The van der Waals surface area contributed by atoms with Crippen LogP contribution in [0.2, 0.25) is 0 Å². The zero-order valence-electron chi connectivity index (χ0n) is 10.2. The van der Waals surface area contributed by atoms with Gasteiger partial charge in [-0.05, 0) is 0 Å². The van der Waals surface area contributed by atoms with Crippen LogP contribution < -0.4 is 10.4 Å². The number of nitrogens with one attached hydrogen (secondary N) is 1. The minimum Gasteiger partial charge on any atom is -0.550 e. The van der Waals surface area contributed by atoms with Gasteiger partial charge >= 0.3 is 0 Å². The Morgan fingerprint density at radius 2 is 1.82 bits per heavy atom. The Labute approximate surface area is 160 Å². The second-order valence-corrected chi connectivity index (χ2v) is 3.96. The standard InChI is InChI=1S/C9H17NO5.2Ca/c1-9(2,5-11)7(14)8(15)10-4-3-6(12)13;;/h7,11,14H,3-5H2,1-2H3,(H,10,15)(H,12,13);;/p-1/t7-;;/m0../s1. The number of carboxylic acid groups (broad SMARTS) is 1. The van der Waals surface area contributed by atoms with Gasteiger partial charge in [-0.2, -0.15) is 0 Å². The van der Waals surface area contributed by atoms with Gasteiger partial charge in [-0.25, -0.2) is 0 Å². The summed E-state index contributed by atoms with van der Waals surface area (Å²) in [4.78, 5) is 21.3. The van der Waals surface area contributed by atoms with Crippen LogP contribution in [-0.4, -0.2) is 117 Å². The van der Waals surface area contributed by atoms with Crippen LogP contribution in [0.3, 0.4) is 0 Å². The molecule has 92 valence electrons. The van der Waals surface area contributed by atoms with E-state index < -0.39 is 23.4 Å². The van der Waals surface area contributed by atoms with Crippen LogP contribution in [0.15, 0.2) is 0 Å². The number of rotatable bonds is 6. The topological polar surface area (TPSA) is 110 Å². The van der Waals surface area contributed by atoms with Crippen molar-refractivity contribution in [2.45, 2.75) is 26.4 Å². The molecular weight excluding hydrogens is 282 g/mol. The number of amides is 1. The molecule has 17 heavy (non-hydrogen) atoms. The van der Waals surface area contributed by atoms with E-state index in [9.17, 15) is 19.8 Å². The maximum absolute atomic E-state index is 11.2. The number of aliphatic hydroxyl groups excluding tert-OH is 2. The summed E-state index contributed by atoms with van der Waals surface area (Å²) in [6, 6.07) is 0. The van der Waals surface area contributed by atoms with Gasteiger partial charge in [-0.1, -0.05) is 13.8 Å². The summed E-state index contributed by atoms with van der Waals surface area (Å²) in [5, 5.41) is 30.6. The summed E-state index contributed by atoms with van der Waals surface area (Å²) < 4.78 is 0. The fraction of sp³-hybridized carbons (Fsp3) is 0.778. The fourth-order valence-corrected chi connectivity index (χ4v) is 0.826. The van der Waals surface area contributed by atoms with Gasteiger partial charge < -0.3 is 25.4 Å². The SMILES string of the molecule is CC(C)(CO)[C@@H](O)C(=O)NCCC(=O)[O-].[Ca].[Ca]. The molecule has 3 N–H and O–H groups in total. The molecule has 0 heterocycles. The molecular formula is C9H16Ca2NO5-. The van der Waals surface area contributed by atoms with Gasteiger partial charge in [-0.3, -0.25) is 4.79 Å². The molecule has 4 radical (unpaired) electrons. The summed E-state index contributed by atoms with van der Waals surface area (Å²) in [5.41, 5.74) is -0.953. The first kappa shape index (κ1) is 23.5. The quantitative estimate of drug-likeness (QED) is 0.449. The molecule has 0 aromatic heterocycles. The van der Waals surface area contributed by atoms with Crippen LogP contribution in [0.25, 0.3) is 0 Å². The van der Waals surface area contributed by atoms with Gasteiger partial charge in [0.05, 0.1) is 6.61 Å². The maximum atomic E-state index is 11.2. The molecule has 0 aliphatic heterocycles. The van der Waals surface area contributed by atoms with E-state index in [1.54, 1.807) is 0 Å². The molecule has 0 saturated heterocycles. The van der Waals surface area contributed by atoms with E-state index in [0.29, 0.717) is 0 Å². The van der Waals surface area contributed by atoms with Crippen molar-refractivity contribution in [2.75, 3.05) is 13.2 Å². The Morgan fingerprint density at radius 3 is 2.18 bits per heavy atom. The first-order valence-electron chi connectivity index (χ1n) is 4.57. The minimum atomic E-state index is -1.37. The first-order valence-corrected chi connectivity index (χ1v) is 4.57. The van der Waals surface area contributed by atoms with Crippen molar-refractivity contribution < 1.29 is 24.9 Å². The fourth-order valence-electron chi connectivity index (χ4n) is 0.826. The molecule has 0 aromatic carbocycles.